The number of para-hydroxylation sites is 1. The third kappa shape index (κ3) is 2.86. The Morgan fingerprint density at radius 1 is 1.16 bits per heavy atom. The van der Waals surface area contributed by atoms with Crippen LogP contribution in [0.15, 0.2) is 36.4 Å². The van der Waals surface area contributed by atoms with E-state index in [0.29, 0.717) is 12.2 Å². The van der Waals surface area contributed by atoms with Crippen LogP contribution in [-0.2, 0) is 6.61 Å². The van der Waals surface area contributed by atoms with Gasteiger partial charge in [0.15, 0.2) is 0 Å². The third-order valence-electron chi connectivity index (χ3n) is 3.02. The summed E-state index contributed by atoms with van der Waals surface area (Å²) in [6.07, 6.45) is 0. The van der Waals surface area contributed by atoms with E-state index in [-0.39, 0.29) is 0 Å². The molecule has 0 aliphatic rings. The van der Waals surface area contributed by atoms with Crippen LogP contribution in [0.3, 0.4) is 0 Å². The van der Waals surface area contributed by atoms with Crippen molar-refractivity contribution < 1.29 is 4.74 Å². The van der Waals surface area contributed by atoms with E-state index >= 15 is 0 Å². The standard InChI is InChI=1S/C16H16N2O/c1-11-7-13(9-17)8-12(2)16(11)19-10-14-5-3-4-6-15(14)18/h3-8H,10,18H2,1-2H3. The van der Waals surface area contributed by atoms with Crippen molar-refractivity contribution in [2.24, 2.45) is 0 Å². The maximum absolute atomic E-state index is 8.91. The van der Waals surface area contributed by atoms with Gasteiger partial charge < -0.3 is 10.5 Å². The predicted octanol–water partition coefficient (Wildman–Crippen LogP) is 3.34. The molecule has 0 amide bonds. The molecule has 2 rings (SSSR count). The molecule has 3 heteroatoms. The number of ether oxygens (including phenoxy) is 1. The molecule has 0 bridgehead atoms. The van der Waals surface area contributed by atoms with Crippen molar-refractivity contribution in [1.29, 1.82) is 5.26 Å². The third-order valence-corrected chi connectivity index (χ3v) is 3.02. The molecule has 0 atom stereocenters. The van der Waals surface area contributed by atoms with Gasteiger partial charge in [0.05, 0.1) is 11.6 Å². The number of nitrogen functional groups attached to an aromatic ring is 1. The second-order valence-corrected chi connectivity index (χ2v) is 4.54. The number of benzene rings is 2. The first-order chi connectivity index (χ1) is 9.11. The van der Waals surface area contributed by atoms with Gasteiger partial charge >= 0.3 is 0 Å². The van der Waals surface area contributed by atoms with E-state index in [1.807, 2.05) is 50.2 Å². The Hall–Kier alpha value is -2.47. The monoisotopic (exact) mass is 252 g/mol. The Labute approximate surface area is 113 Å². The molecule has 3 nitrogen and oxygen atoms in total. The predicted molar refractivity (Wildman–Crippen MR) is 75.8 cm³/mol. The Bertz CT molecular complexity index is 618. The lowest BCUT2D eigenvalue weighted by atomic mass is 10.1. The lowest BCUT2D eigenvalue weighted by molar-refractivity contribution is 0.302. The van der Waals surface area contributed by atoms with Crippen LogP contribution in [0.1, 0.15) is 22.3 Å². The summed E-state index contributed by atoms with van der Waals surface area (Å²) < 4.78 is 5.84. The first-order valence-corrected chi connectivity index (χ1v) is 6.09. The Balaban J connectivity index is 2.21. The number of nitrogens with zero attached hydrogens (tertiary/aromatic N) is 1. The Morgan fingerprint density at radius 2 is 1.79 bits per heavy atom. The summed E-state index contributed by atoms with van der Waals surface area (Å²) in [5.74, 6) is 0.822. The van der Waals surface area contributed by atoms with E-state index in [4.69, 9.17) is 15.7 Å². The van der Waals surface area contributed by atoms with Crippen molar-refractivity contribution in [3.05, 3.63) is 58.7 Å². The highest BCUT2D eigenvalue weighted by molar-refractivity contribution is 5.49. The minimum absolute atomic E-state index is 0.431. The minimum atomic E-state index is 0.431. The maximum atomic E-state index is 8.91. The van der Waals surface area contributed by atoms with Gasteiger partial charge in [-0.05, 0) is 43.2 Å². The van der Waals surface area contributed by atoms with Crippen LogP contribution in [0.4, 0.5) is 5.69 Å². The number of nitriles is 1. The smallest absolute Gasteiger partial charge is 0.125 e. The maximum Gasteiger partial charge on any atom is 0.125 e. The second-order valence-electron chi connectivity index (χ2n) is 4.54. The van der Waals surface area contributed by atoms with E-state index in [2.05, 4.69) is 6.07 Å². The summed E-state index contributed by atoms with van der Waals surface area (Å²) in [6, 6.07) is 13.4. The molecule has 0 radical (unpaired) electrons. The fourth-order valence-corrected chi connectivity index (χ4v) is 2.06. The minimum Gasteiger partial charge on any atom is -0.488 e. The molecule has 0 fully saturated rings. The van der Waals surface area contributed by atoms with Crippen molar-refractivity contribution in [1.82, 2.24) is 0 Å². The van der Waals surface area contributed by atoms with Crippen molar-refractivity contribution in [2.45, 2.75) is 20.5 Å². The van der Waals surface area contributed by atoms with Crippen LogP contribution in [-0.4, -0.2) is 0 Å². The van der Waals surface area contributed by atoms with Crippen molar-refractivity contribution in [2.75, 3.05) is 5.73 Å². The van der Waals surface area contributed by atoms with Gasteiger partial charge in [-0.25, -0.2) is 0 Å². The number of rotatable bonds is 3. The SMILES string of the molecule is Cc1cc(C#N)cc(C)c1OCc1ccccc1N. The summed E-state index contributed by atoms with van der Waals surface area (Å²) >= 11 is 0. The van der Waals surface area contributed by atoms with Gasteiger partial charge in [0.25, 0.3) is 0 Å². The highest BCUT2D eigenvalue weighted by atomic mass is 16.5. The highest BCUT2D eigenvalue weighted by Crippen LogP contribution is 2.26. The van der Waals surface area contributed by atoms with Gasteiger partial charge in [0, 0.05) is 11.3 Å². The number of aryl methyl sites for hydroxylation is 2. The fourth-order valence-electron chi connectivity index (χ4n) is 2.06. The normalized spacial score (nSPS) is 9.95. The molecule has 2 aromatic carbocycles. The summed E-state index contributed by atoms with van der Waals surface area (Å²) in [4.78, 5) is 0. The van der Waals surface area contributed by atoms with Crippen molar-refractivity contribution in [3.63, 3.8) is 0 Å². The highest BCUT2D eigenvalue weighted by Gasteiger charge is 2.07. The largest absolute Gasteiger partial charge is 0.488 e. The van der Waals surface area contributed by atoms with Gasteiger partial charge in [-0.3, -0.25) is 0 Å². The van der Waals surface area contributed by atoms with E-state index < -0.39 is 0 Å². The summed E-state index contributed by atoms with van der Waals surface area (Å²) in [5, 5.41) is 8.91. The van der Waals surface area contributed by atoms with Gasteiger partial charge in [-0.1, -0.05) is 18.2 Å². The van der Waals surface area contributed by atoms with Gasteiger partial charge in [-0.2, -0.15) is 5.26 Å². The van der Waals surface area contributed by atoms with Crippen LogP contribution in [0.2, 0.25) is 0 Å². The number of hydrogen-bond donors (Lipinski definition) is 1. The van der Waals surface area contributed by atoms with Gasteiger partial charge in [0.1, 0.15) is 12.4 Å². The van der Waals surface area contributed by atoms with Crippen LogP contribution < -0.4 is 10.5 Å². The quantitative estimate of drug-likeness (QED) is 0.852. The van der Waals surface area contributed by atoms with Crippen molar-refractivity contribution in [3.8, 4) is 11.8 Å². The molecule has 96 valence electrons. The van der Waals surface area contributed by atoms with Gasteiger partial charge in [0.2, 0.25) is 0 Å². The molecule has 0 aliphatic carbocycles. The molecular weight excluding hydrogens is 236 g/mol. The second kappa shape index (κ2) is 5.45. The molecule has 19 heavy (non-hydrogen) atoms. The van der Waals surface area contributed by atoms with Gasteiger partial charge in [-0.15, -0.1) is 0 Å². The molecule has 0 unspecified atom stereocenters. The van der Waals surface area contributed by atoms with Crippen LogP contribution in [0.5, 0.6) is 5.75 Å². The first-order valence-electron chi connectivity index (χ1n) is 6.09. The summed E-state index contributed by atoms with van der Waals surface area (Å²) in [6.45, 7) is 4.31. The molecule has 0 saturated heterocycles. The Morgan fingerprint density at radius 3 is 2.37 bits per heavy atom. The summed E-state index contributed by atoms with van der Waals surface area (Å²) in [7, 11) is 0. The Kier molecular flexibility index (Phi) is 3.72. The van der Waals surface area contributed by atoms with E-state index in [0.717, 1.165) is 28.1 Å². The summed E-state index contributed by atoms with van der Waals surface area (Å²) in [5.41, 5.74) is 10.2. The topological polar surface area (TPSA) is 59.0 Å². The lowest BCUT2D eigenvalue weighted by Gasteiger charge is -2.13. The zero-order valence-corrected chi connectivity index (χ0v) is 11.1. The average molecular weight is 252 g/mol. The zero-order chi connectivity index (χ0) is 13.8. The molecular formula is C16H16N2O. The van der Waals surface area contributed by atoms with Crippen molar-refractivity contribution >= 4 is 5.69 Å². The lowest BCUT2D eigenvalue weighted by Crippen LogP contribution is -2.02. The molecule has 2 N–H and O–H groups in total. The molecule has 0 heterocycles. The van der Waals surface area contributed by atoms with Crippen LogP contribution in [0, 0.1) is 25.2 Å². The fraction of sp³-hybridized carbons (Fsp3) is 0.188. The number of anilines is 1. The number of hydrogen-bond acceptors (Lipinski definition) is 3. The molecule has 0 aliphatic heterocycles. The van der Waals surface area contributed by atoms with Crippen LogP contribution in [0.25, 0.3) is 0 Å². The molecule has 0 aromatic heterocycles. The van der Waals surface area contributed by atoms with E-state index in [1.165, 1.54) is 0 Å². The molecule has 0 spiro atoms. The molecule has 2 aromatic rings. The average Bonchev–Trinajstić information content (AvgIpc) is 2.39. The first kappa shape index (κ1) is 13.0. The van der Waals surface area contributed by atoms with E-state index in [9.17, 15) is 0 Å². The molecule has 0 saturated carbocycles. The number of nitrogens with two attached hydrogens (primary N) is 1. The van der Waals surface area contributed by atoms with Crippen LogP contribution >= 0.6 is 0 Å². The van der Waals surface area contributed by atoms with E-state index in [1.54, 1.807) is 0 Å². The zero-order valence-electron chi connectivity index (χ0n) is 11.1.